The molecular weight excluding hydrogens is 308 g/mol. The van der Waals surface area contributed by atoms with E-state index in [1.165, 1.54) is 11.3 Å². The van der Waals surface area contributed by atoms with Crippen molar-refractivity contribution in [2.24, 2.45) is 5.92 Å². The standard InChI is InChI=1S/C18H30N2O4/c1-12(13-5-7-22-8-6-13)15-11-23-16-10-20(9-14(16)19-15)17(21)24-18(2,3)4/h13-14,16,19H,5-11H2,1-4H3/b15-12+/t14-,16-/m1/s1. The maximum Gasteiger partial charge on any atom is 0.410 e. The minimum Gasteiger partial charge on any atom is -0.444 e. The number of ether oxygens (including phenoxy) is 3. The summed E-state index contributed by atoms with van der Waals surface area (Å²) in [7, 11) is 0. The minimum absolute atomic E-state index is 0.0451. The summed E-state index contributed by atoms with van der Waals surface area (Å²) in [6, 6.07) is 0.149. The van der Waals surface area contributed by atoms with Gasteiger partial charge in [-0.1, -0.05) is 0 Å². The number of carbonyl (C=O) groups is 1. The van der Waals surface area contributed by atoms with Gasteiger partial charge in [0.05, 0.1) is 25.3 Å². The highest BCUT2D eigenvalue weighted by atomic mass is 16.6. The Morgan fingerprint density at radius 1 is 1.25 bits per heavy atom. The second-order valence-corrected chi connectivity index (χ2v) is 8.03. The minimum atomic E-state index is -0.468. The van der Waals surface area contributed by atoms with Gasteiger partial charge in [0.2, 0.25) is 0 Å². The van der Waals surface area contributed by atoms with Crippen LogP contribution in [-0.2, 0) is 14.2 Å². The molecule has 0 aliphatic carbocycles. The molecule has 6 nitrogen and oxygen atoms in total. The van der Waals surface area contributed by atoms with E-state index in [0.717, 1.165) is 26.1 Å². The van der Waals surface area contributed by atoms with Crippen LogP contribution in [0.2, 0.25) is 0 Å². The summed E-state index contributed by atoms with van der Waals surface area (Å²) in [6.45, 7) is 11.4. The van der Waals surface area contributed by atoms with Crippen LogP contribution in [0.15, 0.2) is 11.3 Å². The molecule has 6 heteroatoms. The van der Waals surface area contributed by atoms with Gasteiger partial charge in [-0.05, 0) is 52.0 Å². The Balaban J connectivity index is 1.61. The third-order valence-corrected chi connectivity index (χ3v) is 5.03. The number of fused-ring (bicyclic) bond motifs is 1. The van der Waals surface area contributed by atoms with E-state index in [9.17, 15) is 4.79 Å². The number of nitrogens with zero attached hydrogens (tertiary/aromatic N) is 1. The summed E-state index contributed by atoms with van der Waals surface area (Å²) < 4.78 is 17.0. The van der Waals surface area contributed by atoms with Gasteiger partial charge in [0.25, 0.3) is 0 Å². The summed E-state index contributed by atoms with van der Waals surface area (Å²) in [5, 5.41) is 3.62. The smallest absolute Gasteiger partial charge is 0.410 e. The highest BCUT2D eigenvalue weighted by Crippen LogP contribution is 2.28. The number of rotatable bonds is 1. The van der Waals surface area contributed by atoms with Crippen molar-refractivity contribution < 1.29 is 19.0 Å². The van der Waals surface area contributed by atoms with Crippen molar-refractivity contribution in [3.05, 3.63) is 11.3 Å². The molecule has 1 N–H and O–H groups in total. The molecule has 0 unspecified atom stereocenters. The first kappa shape index (κ1) is 17.5. The molecule has 1 amide bonds. The maximum atomic E-state index is 12.3. The Kier molecular flexibility index (Phi) is 5.06. The van der Waals surface area contributed by atoms with Crippen molar-refractivity contribution in [2.75, 3.05) is 32.9 Å². The van der Waals surface area contributed by atoms with Crippen molar-refractivity contribution in [1.29, 1.82) is 0 Å². The molecule has 0 aromatic heterocycles. The second-order valence-electron chi connectivity index (χ2n) is 8.03. The molecule has 2 atom stereocenters. The van der Waals surface area contributed by atoms with Gasteiger partial charge >= 0.3 is 6.09 Å². The Labute approximate surface area is 144 Å². The van der Waals surface area contributed by atoms with Crippen molar-refractivity contribution in [3.63, 3.8) is 0 Å². The lowest BCUT2D eigenvalue weighted by atomic mass is 9.90. The predicted octanol–water partition coefficient (Wildman–Crippen LogP) is 2.29. The number of carbonyl (C=O) groups excluding carboxylic acids is 1. The van der Waals surface area contributed by atoms with E-state index in [-0.39, 0.29) is 18.2 Å². The van der Waals surface area contributed by atoms with Crippen LogP contribution in [0.4, 0.5) is 4.79 Å². The topological polar surface area (TPSA) is 60.0 Å². The lowest BCUT2D eigenvalue weighted by Crippen LogP contribution is -2.47. The zero-order valence-corrected chi connectivity index (χ0v) is 15.3. The molecule has 0 saturated carbocycles. The Morgan fingerprint density at radius 3 is 2.62 bits per heavy atom. The van der Waals surface area contributed by atoms with Crippen molar-refractivity contribution >= 4 is 6.09 Å². The van der Waals surface area contributed by atoms with Crippen LogP contribution in [0.5, 0.6) is 0 Å². The Hall–Kier alpha value is -1.27. The molecule has 3 aliphatic heterocycles. The summed E-state index contributed by atoms with van der Waals surface area (Å²) >= 11 is 0. The molecule has 3 fully saturated rings. The van der Waals surface area contributed by atoms with E-state index in [1.54, 1.807) is 4.90 Å². The van der Waals surface area contributed by atoms with Gasteiger partial charge in [-0.15, -0.1) is 0 Å². The molecule has 3 rings (SSSR count). The number of allylic oxidation sites excluding steroid dienone is 1. The van der Waals surface area contributed by atoms with Gasteiger partial charge in [-0.2, -0.15) is 0 Å². The van der Waals surface area contributed by atoms with E-state index < -0.39 is 5.60 Å². The molecule has 3 heterocycles. The van der Waals surface area contributed by atoms with Gasteiger partial charge in [-0.25, -0.2) is 4.79 Å². The highest BCUT2D eigenvalue weighted by molar-refractivity contribution is 5.68. The third kappa shape index (κ3) is 4.03. The number of amides is 1. The molecule has 0 spiro atoms. The quantitative estimate of drug-likeness (QED) is 0.795. The first-order valence-electron chi connectivity index (χ1n) is 8.97. The van der Waals surface area contributed by atoms with Crippen LogP contribution in [0.1, 0.15) is 40.5 Å². The van der Waals surface area contributed by atoms with Gasteiger partial charge in [0.1, 0.15) is 5.60 Å². The maximum absolute atomic E-state index is 12.3. The molecule has 24 heavy (non-hydrogen) atoms. The van der Waals surface area contributed by atoms with E-state index in [0.29, 0.717) is 25.6 Å². The zero-order chi connectivity index (χ0) is 17.3. The molecule has 0 bridgehead atoms. The number of hydrogen-bond acceptors (Lipinski definition) is 5. The number of likely N-dealkylation sites (tertiary alicyclic amines) is 1. The lowest BCUT2D eigenvalue weighted by Gasteiger charge is -2.33. The molecule has 0 aromatic carbocycles. The Bertz CT molecular complexity index is 506. The normalized spacial score (nSPS) is 30.6. The number of nitrogens with one attached hydrogen (secondary N) is 1. The SMILES string of the molecule is C/C(=C1/CO[C@@H]2CN(C(=O)OC(C)(C)C)C[C@H]2N1)C1CCOCC1. The van der Waals surface area contributed by atoms with Gasteiger partial charge in [0, 0.05) is 25.5 Å². The summed E-state index contributed by atoms with van der Waals surface area (Å²) in [6.07, 6.45) is 1.95. The highest BCUT2D eigenvalue weighted by Gasteiger charge is 2.40. The van der Waals surface area contributed by atoms with E-state index in [2.05, 4.69) is 12.2 Å². The monoisotopic (exact) mass is 338 g/mol. The first-order valence-corrected chi connectivity index (χ1v) is 8.97. The molecule has 3 aliphatic rings. The van der Waals surface area contributed by atoms with E-state index in [1.807, 2.05) is 20.8 Å². The van der Waals surface area contributed by atoms with E-state index >= 15 is 0 Å². The summed E-state index contributed by atoms with van der Waals surface area (Å²) in [5.41, 5.74) is 2.10. The van der Waals surface area contributed by atoms with Gasteiger partial charge < -0.3 is 24.4 Å². The van der Waals surface area contributed by atoms with E-state index in [4.69, 9.17) is 14.2 Å². The molecule has 0 aromatic rings. The Morgan fingerprint density at radius 2 is 1.96 bits per heavy atom. The fourth-order valence-electron chi connectivity index (χ4n) is 3.62. The summed E-state index contributed by atoms with van der Waals surface area (Å²) in [5.74, 6) is 0.574. The first-order chi connectivity index (χ1) is 11.3. The fraction of sp³-hybridized carbons (Fsp3) is 0.833. The molecular formula is C18H30N2O4. The molecule has 3 saturated heterocycles. The average molecular weight is 338 g/mol. The van der Waals surface area contributed by atoms with Crippen LogP contribution in [-0.4, -0.2) is 61.7 Å². The van der Waals surface area contributed by atoms with Crippen LogP contribution >= 0.6 is 0 Å². The largest absolute Gasteiger partial charge is 0.444 e. The van der Waals surface area contributed by atoms with Crippen LogP contribution in [0.25, 0.3) is 0 Å². The lowest BCUT2D eigenvalue weighted by molar-refractivity contribution is 0.0181. The third-order valence-electron chi connectivity index (χ3n) is 5.03. The van der Waals surface area contributed by atoms with Crippen molar-refractivity contribution in [1.82, 2.24) is 10.2 Å². The van der Waals surface area contributed by atoms with Crippen LogP contribution in [0.3, 0.4) is 0 Å². The van der Waals surface area contributed by atoms with Crippen molar-refractivity contribution in [3.8, 4) is 0 Å². The fourth-order valence-corrected chi connectivity index (χ4v) is 3.62. The number of hydrogen-bond donors (Lipinski definition) is 1. The molecule has 0 radical (unpaired) electrons. The van der Waals surface area contributed by atoms with Gasteiger partial charge in [-0.3, -0.25) is 0 Å². The summed E-state index contributed by atoms with van der Waals surface area (Å²) in [4.78, 5) is 14.0. The predicted molar refractivity (Wildman–Crippen MR) is 90.7 cm³/mol. The van der Waals surface area contributed by atoms with Crippen LogP contribution < -0.4 is 5.32 Å². The van der Waals surface area contributed by atoms with Crippen molar-refractivity contribution in [2.45, 2.75) is 58.3 Å². The zero-order valence-electron chi connectivity index (χ0n) is 15.3. The van der Waals surface area contributed by atoms with Crippen LogP contribution in [0, 0.1) is 5.92 Å². The number of morpholine rings is 1. The second kappa shape index (κ2) is 6.92. The average Bonchev–Trinajstić information content (AvgIpc) is 2.96. The van der Waals surface area contributed by atoms with Gasteiger partial charge in [0.15, 0.2) is 0 Å². The molecule has 136 valence electrons.